The standard InChI is InChI=1S/C21H27N7O/c1-13(16-6-9-27(2)26-16)29-18-10-15(12-23-20(18)22)17-11-19(28-7-3-8-28)25-21(24-17)14-4-5-14/h6,9-14,16,27H,3-5,7-8H2,1-2H3,(H2,22,23). The minimum absolute atomic E-state index is 0.00315. The van der Waals surface area contributed by atoms with E-state index >= 15 is 0 Å². The number of hydrogen-bond donors (Lipinski definition) is 2. The van der Waals surface area contributed by atoms with Gasteiger partial charge in [-0.3, -0.25) is 0 Å². The van der Waals surface area contributed by atoms with Crippen LogP contribution in [0.5, 0.6) is 5.75 Å². The van der Waals surface area contributed by atoms with Crippen molar-refractivity contribution in [3.8, 4) is 17.0 Å². The van der Waals surface area contributed by atoms with E-state index in [9.17, 15) is 0 Å². The van der Waals surface area contributed by atoms with Crippen LogP contribution in [0.25, 0.3) is 16.7 Å². The number of ether oxygens (including phenoxy) is 1. The molecule has 1 saturated heterocycles. The Morgan fingerprint density at radius 1 is 1.28 bits per heavy atom. The van der Waals surface area contributed by atoms with Crippen LogP contribution in [0, 0.1) is 0 Å². The van der Waals surface area contributed by atoms with Gasteiger partial charge in [0.25, 0.3) is 0 Å². The van der Waals surface area contributed by atoms with Crippen molar-refractivity contribution < 1.29 is 9.75 Å². The second-order valence-corrected chi connectivity index (χ2v) is 8.13. The van der Waals surface area contributed by atoms with Crippen LogP contribution in [-0.2, 0) is 0 Å². The van der Waals surface area contributed by atoms with Crippen LogP contribution in [0.2, 0.25) is 0 Å². The summed E-state index contributed by atoms with van der Waals surface area (Å²) in [5.74, 6) is 3.39. The lowest BCUT2D eigenvalue weighted by Gasteiger charge is -2.32. The number of nitrogens with one attached hydrogen (secondary N) is 1. The maximum absolute atomic E-state index is 6.14. The Balaban J connectivity index is 1.43. The van der Waals surface area contributed by atoms with Gasteiger partial charge in [-0.05, 0) is 44.4 Å². The zero-order valence-corrected chi connectivity index (χ0v) is 16.9. The molecule has 3 unspecified atom stereocenters. The first-order valence-electron chi connectivity index (χ1n) is 10.4. The number of anilines is 2. The lowest BCUT2D eigenvalue weighted by Crippen LogP contribution is -2.98. The first-order valence-corrected chi connectivity index (χ1v) is 10.4. The molecule has 2 aliphatic heterocycles. The van der Waals surface area contributed by atoms with E-state index in [0.29, 0.717) is 17.5 Å². The van der Waals surface area contributed by atoms with Gasteiger partial charge in [0.05, 0.1) is 25.0 Å². The molecule has 3 atom stereocenters. The summed E-state index contributed by atoms with van der Waals surface area (Å²) in [6, 6.07) is 3.99. The number of nitrogens with zero attached hydrogens (tertiary/aromatic N) is 5. The molecule has 0 spiro atoms. The Bertz CT molecular complexity index is 939. The van der Waals surface area contributed by atoms with Gasteiger partial charge in [0.2, 0.25) is 0 Å². The highest BCUT2D eigenvalue weighted by atomic mass is 16.5. The van der Waals surface area contributed by atoms with Gasteiger partial charge in [0.15, 0.2) is 11.6 Å². The Hall–Kier alpha value is -2.71. The lowest BCUT2D eigenvalue weighted by atomic mass is 10.1. The maximum atomic E-state index is 6.14. The first kappa shape index (κ1) is 18.3. The molecule has 152 valence electrons. The summed E-state index contributed by atoms with van der Waals surface area (Å²) in [6.45, 7) is 4.11. The van der Waals surface area contributed by atoms with Crippen LogP contribution < -0.4 is 20.4 Å². The van der Waals surface area contributed by atoms with Crippen molar-refractivity contribution in [2.24, 2.45) is 0 Å². The van der Waals surface area contributed by atoms with Gasteiger partial charge in [0, 0.05) is 36.8 Å². The molecule has 0 amide bonds. The summed E-state index contributed by atoms with van der Waals surface area (Å²) in [7, 11) is 1.99. The monoisotopic (exact) mass is 393 g/mol. The SMILES string of the molecule is CC(Oc1cc(-c2cc(N3CCC3)nc(C3CC3)n2)cnc1N)C1C=C[NH+](C)[N-]1. The molecule has 5 rings (SSSR count). The highest BCUT2D eigenvalue weighted by molar-refractivity contribution is 5.67. The predicted octanol–water partition coefficient (Wildman–Crippen LogP) is 1.67. The highest BCUT2D eigenvalue weighted by Gasteiger charge is 2.29. The van der Waals surface area contributed by atoms with Gasteiger partial charge in [-0.2, -0.15) is 0 Å². The number of aromatic nitrogens is 3. The van der Waals surface area contributed by atoms with E-state index in [4.69, 9.17) is 20.4 Å². The molecule has 2 fully saturated rings. The Labute approximate surface area is 170 Å². The minimum atomic E-state index is -0.132. The van der Waals surface area contributed by atoms with Crippen molar-refractivity contribution in [2.45, 2.75) is 44.2 Å². The summed E-state index contributed by atoms with van der Waals surface area (Å²) < 4.78 is 6.14. The molecular formula is C21H27N7O. The van der Waals surface area contributed by atoms with E-state index < -0.39 is 0 Å². The topological polar surface area (TPSA) is 95.7 Å². The molecule has 2 aromatic heterocycles. The van der Waals surface area contributed by atoms with Gasteiger partial charge in [-0.25, -0.2) is 15.0 Å². The molecule has 1 aliphatic carbocycles. The van der Waals surface area contributed by atoms with Crippen LogP contribution in [0.15, 0.2) is 30.6 Å². The van der Waals surface area contributed by atoms with Gasteiger partial charge < -0.3 is 25.8 Å². The molecule has 4 heterocycles. The molecule has 29 heavy (non-hydrogen) atoms. The zero-order valence-electron chi connectivity index (χ0n) is 16.9. The molecule has 0 aromatic carbocycles. The summed E-state index contributed by atoms with van der Waals surface area (Å²) in [5.41, 5.74) is 12.5. The molecular weight excluding hydrogens is 366 g/mol. The summed E-state index contributed by atoms with van der Waals surface area (Å²) >= 11 is 0. The molecule has 0 radical (unpaired) electrons. The van der Waals surface area contributed by atoms with Gasteiger partial charge in [-0.15, -0.1) is 0 Å². The van der Waals surface area contributed by atoms with Crippen LogP contribution in [0.4, 0.5) is 11.6 Å². The van der Waals surface area contributed by atoms with E-state index in [1.165, 1.54) is 19.3 Å². The van der Waals surface area contributed by atoms with Crippen molar-refractivity contribution in [3.63, 3.8) is 0 Å². The normalized spacial score (nSPS) is 24.4. The van der Waals surface area contributed by atoms with Crippen LogP contribution in [0.1, 0.15) is 37.9 Å². The average Bonchev–Trinajstić information content (AvgIpc) is 3.43. The van der Waals surface area contributed by atoms with Gasteiger partial charge in [0.1, 0.15) is 11.6 Å². The molecule has 3 aliphatic rings. The molecule has 8 nitrogen and oxygen atoms in total. The highest BCUT2D eigenvalue weighted by Crippen LogP contribution is 2.40. The Morgan fingerprint density at radius 2 is 2.10 bits per heavy atom. The fourth-order valence-electron chi connectivity index (χ4n) is 3.61. The van der Waals surface area contributed by atoms with Crippen molar-refractivity contribution in [2.75, 3.05) is 30.8 Å². The van der Waals surface area contributed by atoms with E-state index in [1.54, 1.807) is 6.20 Å². The van der Waals surface area contributed by atoms with Crippen LogP contribution in [0.3, 0.4) is 0 Å². The molecule has 3 N–H and O–H groups in total. The third-order valence-corrected chi connectivity index (χ3v) is 5.71. The Morgan fingerprint density at radius 3 is 2.76 bits per heavy atom. The van der Waals surface area contributed by atoms with E-state index in [2.05, 4.69) is 27.5 Å². The number of quaternary nitrogens is 1. The van der Waals surface area contributed by atoms with Gasteiger partial charge in [-0.1, -0.05) is 0 Å². The van der Waals surface area contributed by atoms with Crippen LogP contribution >= 0.6 is 0 Å². The quantitative estimate of drug-likeness (QED) is 0.775. The number of nitrogens with two attached hydrogens (primary N) is 1. The number of rotatable bonds is 6. The molecule has 1 saturated carbocycles. The predicted molar refractivity (Wildman–Crippen MR) is 112 cm³/mol. The second kappa shape index (κ2) is 7.27. The number of nitrogen functional groups attached to an aromatic ring is 1. The molecule has 2 aromatic rings. The van der Waals surface area contributed by atoms with E-state index in [0.717, 1.165) is 41.0 Å². The second-order valence-electron chi connectivity index (χ2n) is 8.13. The molecule has 0 bridgehead atoms. The minimum Gasteiger partial charge on any atom is -0.488 e. The Kier molecular flexibility index (Phi) is 4.60. The number of hydrogen-bond acceptors (Lipinski definition) is 6. The lowest BCUT2D eigenvalue weighted by molar-refractivity contribution is -0.779. The van der Waals surface area contributed by atoms with Crippen LogP contribution in [-0.4, -0.2) is 47.2 Å². The summed E-state index contributed by atoms with van der Waals surface area (Å²) in [5, 5.41) is 1.01. The fraction of sp³-hybridized carbons (Fsp3) is 0.476. The largest absolute Gasteiger partial charge is 0.488 e. The van der Waals surface area contributed by atoms with E-state index in [1.807, 2.05) is 26.2 Å². The van der Waals surface area contributed by atoms with Crippen molar-refractivity contribution in [1.29, 1.82) is 0 Å². The van der Waals surface area contributed by atoms with Crippen molar-refractivity contribution >= 4 is 11.6 Å². The smallest absolute Gasteiger partial charge is 0.166 e. The summed E-state index contributed by atoms with van der Waals surface area (Å²) in [6.07, 6.45) is 9.26. The number of pyridine rings is 1. The van der Waals surface area contributed by atoms with Crippen molar-refractivity contribution in [3.05, 3.63) is 41.9 Å². The molecule has 8 heteroatoms. The maximum Gasteiger partial charge on any atom is 0.166 e. The fourth-order valence-corrected chi connectivity index (χ4v) is 3.61. The third kappa shape index (κ3) is 3.77. The average molecular weight is 393 g/mol. The van der Waals surface area contributed by atoms with Crippen molar-refractivity contribution in [1.82, 2.24) is 15.0 Å². The van der Waals surface area contributed by atoms with E-state index in [-0.39, 0.29) is 12.1 Å². The zero-order chi connectivity index (χ0) is 20.0. The first-order chi connectivity index (χ1) is 14.1. The van der Waals surface area contributed by atoms with Gasteiger partial charge >= 0.3 is 0 Å². The summed E-state index contributed by atoms with van der Waals surface area (Å²) in [4.78, 5) is 16.3. The third-order valence-electron chi connectivity index (χ3n) is 5.71.